The van der Waals surface area contributed by atoms with Gasteiger partial charge in [0.15, 0.2) is 0 Å². The number of amides is 3. The molecule has 0 aromatic heterocycles. The maximum Gasteiger partial charge on any atom is 0.318 e. The van der Waals surface area contributed by atoms with Gasteiger partial charge in [-0.25, -0.2) is 13.6 Å². The summed E-state index contributed by atoms with van der Waals surface area (Å²) in [4.78, 5) is 27.2. The van der Waals surface area contributed by atoms with Gasteiger partial charge in [0.05, 0.1) is 12.6 Å². The molecule has 0 unspecified atom stereocenters. The highest BCUT2D eigenvalue weighted by molar-refractivity contribution is 5.82. The first-order chi connectivity index (χ1) is 11.5. The number of carbonyl (C=O) groups is 2. The van der Waals surface area contributed by atoms with E-state index in [0.29, 0.717) is 12.6 Å². The van der Waals surface area contributed by atoms with Gasteiger partial charge in [-0.3, -0.25) is 4.79 Å². The van der Waals surface area contributed by atoms with Crippen molar-refractivity contribution in [1.82, 2.24) is 15.1 Å². The van der Waals surface area contributed by atoms with Gasteiger partial charge in [0.1, 0.15) is 0 Å². The molecule has 130 valence electrons. The van der Waals surface area contributed by atoms with Gasteiger partial charge in [0.2, 0.25) is 5.91 Å². The molecule has 1 heterocycles. The molecular weight excluding hydrogens is 316 g/mol. The molecule has 0 radical (unpaired) electrons. The molecule has 24 heavy (non-hydrogen) atoms. The monoisotopic (exact) mass is 337 g/mol. The van der Waals surface area contributed by atoms with Crippen molar-refractivity contribution >= 4 is 11.9 Å². The SMILES string of the molecule is O=C(N[C@H]1CC(=O)N(C2CC2)C1)N(Cc1ccccc1)CC(F)F. The van der Waals surface area contributed by atoms with Crippen molar-refractivity contribution in [3.63, 3.8) is 0 Å². The van der Waals surface area contributed by atoms with Crippen LogP contribution in [0.2, 0.25) is 0 Å². The molecule has 1 saturated carbocycles. The second-order valence-electron chi connectivity index (χ2n) is 6.39. The molecule has 1 aliphatic heterocycles. The summed E-state index contributed by atoms with van der Waals surface area (Å²) in [6, 6.07) is 8.47. The topological polar surface area (TPSA) is 52.7 Å². The second-order valence-corrected chi connectivity index (χ2v) is 6.39. The predicted octanol–water partition coefficient (Wildman–Crippen LogP) is 2.23. The van der Waals surface area contributed by atoms with E-state index in [1.807, 2.05) is 6.07 Å². The number of benzene rings is 1. The minimum absolute atomic E-state index is 0.0336. The van der Waals surface area contributed by atoms with Crippen molar-refractivity contribution in [1.29, 1.82) is 0 Å². The number of alkyl halides is 2. The van der Waals surface area contributed by atoms with Crippen LogP contribution < -0.4 is 5.32 Å². The number of hydrogen-bond acceptors (Lipinski definition) is 2. The van der Waals surface area contributed by atoms with Crippen LogP contribution in [0.1, 0.15) is 24.8 Å². The number of hydrogen-bond donors (Lipinski definition) is 1. The maximum absolute atomic E-state index is 12.8. The minimum Gasteiger partial charge on any atom is -0.338 e. The Morgan fingerprint density at radius 1 is 1.29 bits per heavy atom. The summed E-state index contributed by atoms with van der Waals surface area (Å²) in [6.45, 7) is -0.0408. The number of rotatable bonds is 6. The molecule has 1 aromatic carbocycles. The Morgan fingerprint density at radius 3 is 2.62 bits per heavy atom. The molecule has 2 aliphatic rings. The van der Waals surface area contributed by atoms with E-state index >= 15 is 0 Å². The summed E-state index contributed by atoms with van der Waals surface area (Å²) in [6.07, 6.45) is -0.334. The lowest BCUT2D eigenvalue weighted by molar-refractivity contribution is -0.128. The summed E-state index contributed by atoms with van der Waals surface area (Å²) >= 11 is 0. The Balaban J connectivity index is 1.59. The van der Waals surface area contributed by atoms with Crippen LogP contribution in [0.25, 0.3) is 0 Å². The normalized spacial score (nSPS) is 20.5. The van der Waals surface area contributed by atoms with Crippen LogP contribution in [0, 0.1) is 0 Å². The number of nitrogens with zero attached hydrogens (tertiary/aromatic N) is 2. The summed E-state index contributed by atoms with van der Waals surface area (Å²) in [5, 5.41) is 2.74. The molecule has 1 atom stereocenters. The Morgan fingerprint density at radius 2 is 2.00 bits per heavy atom. The van der Waals surface area contributed by atoms with Gasteiger partial charge >= 0.3 is 6.03 Å². The standard InChI is InChI=1S/C17H21F2N3O2/c18-15(19)11-21(9-12-4-2-1-3-5-12)17(24)20-13-8-16(23)22(10-13)14-6-7-14/h1-5,13-15H,6-11H2,(H,20,24)/t13-/m0/s1. The minimum atomic E-state index is -2.60. The number of halogens is 2. The maximum atomic E-state index is 12.8. The van der Waals surface area contributed by atoms with Crippen LogP contribution in [0.5, 0.6) is 0 Å². The molecule has 3 rings (SSSR count). The lowest BCUT2D eigenvalue weighted by Crippen LogP contribution is -2.47. The molecule has 0 bridgehead atoms. The van der Waals surface area contributed by atoms with Crippen LogP contribution in [0.4, 0.5) is 13.6 Å². The number of urea groups is 1. The van der Waals surface area contributed by atoms with E-state index in [9.17, 15) is 18.4 Å². The fourth-order valence-electron chi connectivity index (χ4n) is 3.02. The molecule has 5 nitrogen and oxygen atoms in total. The summed E-state index contributed by atoms with van der Waals surface area (Å²) in [5.41, 5.74) is 0.787. The number of carbonyl (C=O) groups excluding carboxylic acids is 2. The zero-order valence-corrected chi connectivity index (χ0v) is 13.3. The molecule has 3 amide bonds. The number of likely N-dealkylation sites (tertiary alicyclic amines) is 1. The Labute approximate surface area is 139 Å². The smallest absolute Gasteiger partial charge is 0.318 e. The van der Waals surface area contributed by atoms with E-state index in [1.54, 1.807) is 29.2 Å². The summed E-state index contributed by atoms with van der Waals surface area (Å²) in [7, 11) is 0. The van der Waals surface area contributed by atoms with E-state index in [1.165, 1.54) is 0 Å². The average molecular weight is 337 g/mol. The van der Waals surface area contributed by atoms with Gasteiger partial charge in [-0.05, 0) is 18.4 Å². The van der Waals surface area contributed by atoms with E-state index in [4.69, 9.17) is 0 Å². The highest BCUT2D eigenvalue weighted by Crippen LogP contribution is 2.30. The third-order valence-electron chi connectivity index (χ3n) is 4.34. The van der Waals surface area contributed by atoms with E-state index in [-0.39, 0.29) is 24.9 Å². The van der Waals surface area contributed by atoms with Gasteiger partial charge in [-0.15, -0.1) is 0 Å². The molecule has 0 spiro atoms. The van der Waals surface area contributed by atoms with Gasteiger partial charge < -0.3 is 15.1 Å². The fraction of sp³-hybridized carbons (Fsp3) is 0.529. The van der Waals surface area contributed by atoms with Crippen molar-refractivity contribution in [3.05, 3.63) is 35.9 Å². The highest BCUT2D eigenvalue weighted by atomic mass is 19.3. The lowest BCUT2D eigenvalue weighted by Gasteiger charge is -2.25. The van der Waals surface area contributed by atoms with Gasteiger partial charge in [0, 0.05) is 25.6 Å². The van der Waals surface area contributed by atoms with Gasteiger partial charge in [-0.1, -0.05) is 30.3 Å². The van der Waals surface area contributed by atoms with Crippen molar-refractivity contribution in [2.75, 3.05) is 13.1 Å². The highest BCUT2D eigenvalue weighted by Gasteiger charge is 2.40. The largest absolute Gasteiger partial charge is 0.338 e. The second kappa shape index (κ2) is 7.15. The van der Waals surface area contributed by atoms with Crippen molar-refractivity contribution in [2.45, 2.75) is 44.3 Å². The van der Waals surface area contributed by atoms with Crippen LogP contribution in [-0.2, 0) is 11.3 Å². The Bertz CT molecular complexity index is 593. The van der Waals surface area contributed by atoms with Crippen LogP contribution in [0.3, 0.4) is 0 Å². The fourth-order valence-corrected chi connectivity index (χ4v) is 3.02. The first kappa shape index (κ1) is 16.7. The van der Waals surface area contributed by atoms with E-state index in [0.717, 1.165) is 23.3 Å². The zero-order valence-electron chi connectivity index (χ0n) is 13.3. The van der Waals surface area contributed by atoms with Gasteiger partial charge in [-0.2, -0.15) is 0 Å². The summed E-state index contributed by atoms with van der Waals surface area (Å²) < 4.78 is 25.6. The molecular formula is C17H21F2N3O2. The molecule has 7 heteroatoms. The Kier molecular flexibility index (Phi) is 4.97. The Hall–Kier alpha value is -2.18. The molecule has 1 saturated heterocycles. The van der Waals surface area contributed by atoms with Crippen molar-refractivity contribution in [3.8, 4) is 0 Å². The molecule has 2 fully saturated rings. The predicted molar refractivity (Wildman–Crippen MR) is 84.5 cm³/mol. The average Bonchev–Trinajstić information content (AvgIpc) is 3.31. The summed E-state index contributed by atoms with van der Waals surface area (Å²) in [5.74, 6) is 0.0336. The van der Waals surface area contributed by atoms with Crippen LogP contribution in [-0.4, -0.2) is 53.3 Å². The third-order valence-corrected chi connectivity index (χ3v) is 4.34. The first-order valence-corrected chi connectivity index (χ1v) is 8.20. The zero-order chi connectivity index (χ0) is 17.1. The molecule has 1 aromatic rings. The van der Waals surface area contributed by atoms with Crippen LogP contribution in [0.15, 0.2) is 30.3 Å². The molecule has 1 N–H and O–H groups in total. The quantitative estimate of drug-likeness (QED) is 0.865. The van der Waals surface area contributed by atoms with Gasteiger partial charge in [0.25, 0.3) is 6.43 Å². The first-order valence-electron chi connectivity index (χ1n) is 8.20. The van der Waals surface area contributed by atoms with Crippen LogP contribution >= 0.6 is 0 Å². The number of nitrogens with one attached hydrogen (secondary N) is 1. The van der Waals surface area contributed by atoms with Crippen molar-refractivity contribution in [2.24, 2.45) is 0 Å². The van der Waals surface area contributed by atoms with E-state index in [2.05, 4.69) is 5.32 Å². The van der Waals surface area contributed by atoms with E-state index < -0.39 is 19.0 Å². The lowest BCUT2D eigenvalue weighted by atomic mass is 10.2. The van der Waals surface area contributed by atoms with Crippen molar-refractivity contribution < 1.29 is 18.4 Å². The third kappa shape index (κ3) is 4.21. The molecule has 1 aliphatic carbocycles.